The predicted molar refractivity (Wildman–Crippen MR) is 66.0 cm³/mol. The molecule has 0 fully saturated rings. The van der Waals surface area contributed by atoms with Crippen LogP contribution < -0.4 is 5.73 Å². The monoisotopic (exact) mass is 267 g/mol. The van der Waals surface area contributed by atoms with Crippen LogP contribution in [0.15, 0.2) is 30.5 Å². The first-order valence-electron chi connectivity index (χ1n) is 4.66. The van der Waals surface area contributed by atoms with Gasteiger partial charge in [0, 0.05) is 11.1 Å². The molecule has 1 aromatic heterocycles. The van der Waals surface area contributed by atoms with E-state index in [1.807, 2.05) is 0 Å². The van der Waals surface area contributed by atoms with Crippen LogP contribution in [0.5, 0.6) is 0 Å². The van der Waals surface area contributed by atoms with Gasteiger partial charge in [0.15, 0.2) is 0 Å². The molecule has 0 radical (unpaired) electrons. The molecule has 1 heterocycles. The van der Waals surface area contributed by atoms with E-state index in [4.69, 9.17) is 28.9 Å². The van der Waals surface area contributed by atoms with Gasteiger partial charge in [0.2, 0.25) is 11.2 Å². The van der Waals surface area contributed by atoms with Crippen LogP contribution in [0.25, 0.3) is 11.3 Å². The molecule has 0 bridgehead atoms. The Labute approximate surface area is 107 Å². The van der Waals surface area contributed by atoms with Crippen LogP contribution in [-0.4, -0.2) is 15.9 Å². The van der Waals surface area contributed by atoms with Crippen LogP contribution in [0.4, 0.5) is 0 Å². The average molecular weight is 268 g/mol. The van der Waals surface area contributed by atoms with Crippen molar-refractivity contribution in [3.63, 3.8) is 0 Å². The molecule has 0 atom stereocenters. The third-order valence-corrected chi connectivity index (χ3v) is 2.59. The molecule has 2 N–H and O–H groups in total. The Hall–Kier alpha value is -1.65. The molecule has 0 spiro atoms. The van der Waals surface area contributed by atoms with Gasteiger partial charge < -0.3 is 5.73 Å². The van der Waals surface area contributed by atoms with Gasteiger partial charge in [0.05, 0.1) is 16.9 Å². The van der Waals surface area contributed by atoms with E-state index in [1.165, 1.54) is 6.20 Å². The summed E-state index contributed by atoms with van der Waals surface area (Å²) in [5.41, 5.74) is 6.71. The lowest BCUT2D eigenvalue weighted by Crippen LogP contribution is -2.10. The number of rotatable bonds is 2. The summed E-state index contributed by atoms with van der Waals surface area (Å²) in [4.78, 5) is 18.8. The number of hydrogen-bond donors (Lipinski definition) is 1. The SMILES string of the molecule is NC(=O)c1cccc(-c2nc(Cl)ncc2Cl)c1. The number of aromatic nitrogens is 2. The summed E-state index contributed by atoms with van der Waals surface area (Å²) in [5, 5.41) is 0.449. The first kappa shape index (κ1) is 11.8. The normalized spacial score (nSPS) is 10.2. The van der Waals surface area contributed by atoms with Crippen molar-refractivity contribution in [1.82, 2.24) is 9.97 Å². The van der Waals surface area contributed by atoms with Gasteiger partial charge in [-0.2, -0.15) is 0 Å². The van der Waals surface area contributed by atoms with E-state index in [2.05, 4.69) is 9.97 Å². The third kappa shape index (κ3) is 2.54. The van der Waals surface area contributed by atoms with E-state index in [0.29, 0.717) is 21.8 Å². The molecule has 1 amide bonds. The number of carbonyl (C=O) groups is 1. The van der Waals surface area contributed by atoms with Gasteiger partial charge in [-0.1, -0.05) is 23.7 Å². The summed E-state index contributed by atoms with van der Waals surface area (Å²) in [6, 6.07) is 6.67. The molecule has 1 aromatic carbocycles. The van der Waals surface area contributed by atoms with E-state index in [0.717, 1.165) is 0 Å². The molecule has 0 aliphatic heterocycles. The highest BCUT2D eigenvalue weighted by molar-refractivity contribution is 6.33. The molecular weight excluding hydrogens is 261 g/mol. The number of nitrogens with two attached hydrogens (primary N) is 1. The lowest BCUT2D eigenvalue weighted by atomic mass is 10.1. The van der Waals surface area contributed by atoms with Crippen molar-refractivity contribution in [1.29, 1.82) is 0 Å². The summed E-state index contributed by atoms with van der Waals surface area (Å²) >= 11 is 11.7. The fourth-order valence-corrected chi connectivity index (χ4v) is 1.70. The standard InChI is InChI=1S/C11H7Cl2N3O/c12-8-5-15-11(13)16-9(8)6-2-1-3-7(4-6)10(14)17/h1-5H,(H2,14,17). The van der Waals surface area contributed by atoms with E-state index in [9.17, 15) is 4.79 Å². The lowest BCUT2D eigenvalue weighted by Gasteiger charge is -2.04. The van der Waals surface area contributed by atoms with Gasteiger partial charge in [-0.05, 0) is 23.7 Å². The van der Waals surface area contributed by atoms with Crippen molar-refractivity contribution in [3.8, 4) is 11.3 Å². The Morgan fingerprint density at radius 2 is 2.06 bits per heavy atom. The zero-order chi connectivity index (χ0) is 12.4. The number of primary amides is 1. The minimum atomic E-state index is -0.511. The molecule has 17 heavy (non-hydrogen) atoms. The maximum Gasteiger partial charge on any atom is 0.248 e. The first-order valence-corrected chi connectivity index (χ1v) is 5.42. The van der Waals surface area contributed by atoms with Crippen LogP contribution >= 0.6 is 23.2 Å². The molecule has 6 heteroatoms. The quantitative estimate of drug-likeness (QED) is 0.851. The topological polar surface area (TPSA) is 68.9 Å². The molecule has 2 rings (SSSR count). The molecule has 86 valence electrons. The molecule has 4 nitrogen and oxygen atoms in total. The molecule has 0 unspecified atom stereocenters. The molecule has 0 saturated carbocycles. The Kier molecular flexibility index (Phi) is 3.26. The molecule has 0 saturated heterocycles. The second-order valence-electron chi connectivity index (χ2n) is 3.28. The fraction of sp³-hybridized carbons (Fsp3) is 0. The summed E-state index contributed by atoms with van der Waals surface area (Å²) in [5.74, 6) is -0.511. The van der Waals surface area contributed by atoms with Gasteiger partial charge in [-0.25, -0.2) is 9.97 Å². The third-order valence-electron chi connectivity index (χ3n) is 2.14. The predicted octanol–water partition coefficient (Wildman–Crippen LogP) is 2.55. The number of amides is 1. The van der Waals surface area contributed by atoms with Crippen LogP contribution in [0.3, 0.4) is 0 Å². The maximum atomic E-state index is 11.1. The maximum absolute atomic E-state index is 11.1. The number of nitrogens with zero attached hydrogens (tertiary/aromatic N) is 2. The van der Waals surface area contributed by atoms with Crippen molar-refractivity contribution < 1.29 is 4.79 Å². The Bertz CT molecular complexity index is 587. The van der Waals surface area contributed by atoms with Crippen molar-refractivity contribution in [3.05, 3.63) is 46.3 Å². The second kappa shape index (κ2) is 4.69. The minimum Gasteiger partial charge on any atom is -0.366 e. The molecular formula is C11H7Cl2N3O. The van der Waals surface area contributed by atoms with E-state index >= 15 is 0 Å². The Morgan fingerprint density at radius 3 is 2.76 bits per heavy atom. The van der Waals surface area contributed by atoms with E-state index < -0.39 is 5.91 Å². The van der Waals surface area contributed by atoms with Crippen molar-refractivity contribution >= 4 is 29.1 Å². The van der Waals surface area contributed by atoms with Gasteiger partial charge in [0.25, 0.3) is 0 Å². The minimum absolute atomic E-state index is 0.0916. The molecule has 0 aliphatic rings. The highest BCUT2D eigenvalue weighted by Gasteiger charge is 2.09. The van der Waals surface area contributed by atoms with Gasteiger partial charge in [-0.3, -0.25) is 4.79 Å². The second-order valence-corrected chi connectivity index (χ2v) is 4.03. The van der Waals surface area contributed by atoms with Crippen LogP contribution in [0, 0.1) is 0 Å². The zero-order valence-electron chi connectivity index (χ0n) is 8.52. The summed E-state index contributed by atoms with van der Waals surface area (Å²) < 4.78 is 0. The average Bonchev–Trinajstić information content (AvgIpc) is 2.32. The molecule has 2 aromatic rings. The van der Waals surface area contributed by atoms with Crippen molar-refractivity contribution in [2.45, 2.75) is 0 Å². The smallest absolute Gasteiger partial charge is 0.248 e. The summed E-state index contributed by atoms with van der Waals surface area (Å²) in [6.07, 6.45) is 1.41. The highest BCUT2D eigenvalue weighted by atomic mass is 35.5. The van der Waals surface area contributed by atoms with Gasteiger partial charge in [-0.15, -0.1) is 0 Å². The van der Waals surface area contributed by atoms with E-state index in [-0.39, 0.29) is 5.28 Å². The first-order chi connectivity index (χ1) is 8.08. The van der Waals surface area contributed by atoms with Crippen LogP contribution in [0.1, 0.15) is 10.4 Å². The molecule has 0 aliphatic carbocycles. The lowest BCUT2D eigenvalue weighted by molar-refractivity contribution is 0.100. The van der Waals surface area contributed by atoms with Crippen LogP contribution in [-0.2, 0) is 0 Å². The zero-order valence-corrected chi connectivity index (χ0v) is 10.0. The number of halogens is 2. The van der Waals surface area contributed by atoms with Crippen molar-refractivity contribution in [2.24, 2.45) is 5.73 Å². The highest BCUT2D eigenvalue weighted by Crippen LogP contribution is 2.26. The summed E-state index contributed by atoms with van der Waals surface area (Å²) in [7, 11) is 0. The Balaban J connectivity index is 2.56. The summed E-state index contributed by atoms with van der Waals surface area (Å²) in [6.45, 7) is 0. The van der Waals surface area contributed by atoms with Gasteiger partial charge >= 0.3 is 0 Å². The van der Waals surface area contributed by atoms with E-state index in [1.54, 1.807) is 24.3 Å². The largest absolute Gasteiger partial charge is 0.366 e. The Morgan fingerprint density at radius 1 is 1.29 bits per heavy atom. The number of benzene rings is 1. The fourth-order valence-electron chi connectivity index (χ4n) is 1.37. The van der Waals surface area contributed by atoms with Crippen LogP contribution in [0.2, 0.25) is 10.3 Å². The number of hydrogen-bond acceptors (Lipinski definition) is 3. The van der Waals surface area contributed by atoms with Crippen molar-refractivity contribution in [2.75, 3.05) is 0 Å². The number of carbonyl (C=O) groups excluding carboxylic acids is 1. The van der Waals surface area contributed by atoms with Gasteiger partial charge in [0.1, 0.15) is 0 Å².